The van der Waals surface area contributed by atoms with E-state index in [9.17, 15) is 8.78 Å². The first-order valence-corrected chi connectivity index (χ1v) is 10.6. The van der Waals surface area contributed by atoms with Gasteiger partial charge in [-0.25, -0.2) is 0 Å². The molecule has 24 heavy (non-hydrogen) atoms. The van der Waals surface area contributed by atoms with E-state index in [1.54, 1.807) is 0 Å². The lowest BCUT2D eigenvalue weighted by Gasteiger charge is -2.29. The van der Waals surface area contributed by atoms with Gasteiger partial charge in [0.15, 0.2) is 0 Å². The molecule has 0 aromatic heterocycles. The molecule has 136 valence electrons. The second-order valence-corrected chi connectivity index (χ2v) is 8.29. The van der Waals surface area contributed by atoms with Crippen molar-refractivity contribution in [2.45, 2.75) is 94.1 Å². The van der Waals surface area contributed by atoms with Gasteiger partial charge in [0.1, 0.15) is 0 Å². The summed E-state index contributed by atoms with van der Waals surface area (Å²) in [5.41, 5.74) is 1.34. The first-order chi connectivity index (χ1) is 11.7. The van der Waals surface area contributed by atoms with Gasteiger partial charge in [0.05, 0.1) is 0 Å². The number of hydrogen-bond donors (Lipinski definition) is 0. The van der Waals surface area contributed by atoms with E-state index in [-0.39, 0.29) is 0 Å². The number of rotatable bonds is 10. The van der Waals surface area contributed by atoms with Crippen molar-refractivity contribution in [3.05, 3.63) is 29.8 Å². The highest BCUT2D eigenvalue weighted by Gasteiger charge is 2.22. The number of benzene rings is 1. The van der Waals surface area contributed by atoms with E-state index < -0.39 is 5.76 Å². The summed E-state index contributed by atoms with van der Waals surface area (Å²) in [6, 6.07) is 7.83. The Morgan fingerprint density at radius 1 is 0.917 bits per heavy atom. The van der Waals surface area contributed by atoms with Crippen LogP contribution >= 0.6 is 11.8 Å². The quantitative estimate of drug-likeness (QED) is 0.303. The minimum atomic E-state index is -2.33. The fourth-order valence-electron chi connectivity index (χ4n) is 3.92. The number of thioether (sulfide) groups is 1. The maximum atomic E-state index is 12.4. The van der Waals surface area contributed by atoms with Crippen LogP contribution in [-0.4, -0.2) is 5.76 Å². The maximum Gasteiger partial charge on any atom is 0.288 e. The average Bonchev–Trinajstić information content (AvgIpc) is 2.59. The van der Waals surface area contributed by atoms with Gasteiger partial charge in [0.2, 0.25) is 0 Å². The van der Waals surface area contributed by atoms with Crippen LogP contribution < -0.4 is 0 Å². The van der Waals surface area contributed by atoms with Crippen LogP contribution in [0, 0.1) is 5.92 Å². The Bertz CT molecular complexity index is 436. The van der Waals surface area contributed by atoms with Crippen LogP contribution in [0.2, 0.25) is 0 Å². The summed E-state index contributed by atoms with van der Waals surface area (Å²) >= 11 is 0.637. The second kappa shape index (κ2) is 11.1. The molecule has 0 amide bonds. The molecule has 1 saturated carbocycles. The normalized spacial score (nSPS) is 21.3. The summed E-state index contributed by atoms with van der Waals surface area (Å²) in [5, 5.41) is 0. The van der Waals surface area contributed by atoms with Crippen molar-refractivity contribution in [3.63, 3.8) is 0 Å². The minimum absolute atomic E-state index is 0.636. The van der Waals surface area contributed by atoms with Gasteiger partial charge in [-0.05, 0) is 55.2 Å². The van der Waals surface area contributed by atoms with E-state index in [1.807, 2.05) is 12.1 Å². The molecule has 1 aromatic rings. The van der Waals surface area contributed by atoms with Crippen molar-refractivity contribution >= 4 is 11.8 Å². The zero-order valence-electron chi connectivity index (χ0n) is 15.0. The SMILES string of the molecule is CCCCCCCCC1CCC(c2ccc(SC(F)F)cc2)CC1. The topological polar surface area (TPSA) is 0 Å². The molecule has 0 radical (unpaired) electrons. The van der Waals surface area contributed by atoms with Gasteiger partial charge in [-0.15, -0.1) is 0 Å². The van der Waals surface area contributed by atoms with E-state index >= 15 is 0 Å². The molecule has 3 heteroatoms. The number of halogens is 2. The van der Waals surface area contributed by atoms with Gasteiger partial charge in [0.25, 0.3) is 5.76 Å². The summed E-state index contributed by atoms with van der Waals surface area (Å²) in [5.74, 6) is -0.772. The van der Waals surface area contributed by atoms with Crippen LogP contribution in [0.5, 0.6) is 0 Å². The third kappa shape index (κ3) is 7.13. The zero-order chi connectivity index (χ0) is 17.2. The lowest BCUT2D eigenvalue weighted by molar-refractivity contribution is 0.252. The first-order valence-electron chi connectivity index (χ1n) is 9.73. The van der Waals surface area contributed by atoms with E-state index in [4.69, 9.17) is 0 Å². The molecule has 0 aliphatic heterocycles. The molecular formula is C21H32F2S. The van der Waals surface area contributed by atoms with Crippen LogP contribution in [0.3, 0.4) is 0 Å². The second-order valence-electron chi connectivity index (χ2n) is 7.22. The highest BCUT2D eigenvalue weighted by molar-refractivity contribution is 7.99. The average molecular weight is 355 g/mol. The van der Waals surface area contributed by atoms with Crippen LogP contribution in [-0.2, 0) is 0 Å². The van der Waals surface area contributed by atoms with E-state index in [2.05, 4.69) is 19.1 Å². The van der Waals surface area contributed by atoms with Crippen molar-refractivity contribution in [1.82, 2.24) is 0 Å². The Morgan fingerprint density at radius 3 is 2.17 bits per heavy atom. The molecule has 0 saturated heterocycles. The molecule has 1 aliphatic rings. The molecule has 2 rings (SSSR count). The van der Waals surface area contributed by atoms with Crippen molar-refractivity contribution < 1.29 is 8.78 Å². The van der Waals surface area contributed by atoms with Gasteiger partial charge >= 0.3 is 0 Å². The number of alkyl halides is 2. The van der Waals surface area contributed by atoms with Gasteiger partial charge in [-0.2, -0.15) is 8.78 Å². The monoisotopic (exact) mass is 354 g/mol. The fraction of sp³-hybridized carbons (Fsp3) is 0.714. The van der Waals surface area contributed by atoms with Crippen LogP contribution in [0.15, 0.2) is 29.2 Å². The van der Waals surface area contributed by atoms with E-state index in [1.165, 1.54) is 76.2 Å². The molecule has 1 aliphatic carbocycles. The Kier molecular flexibility index (Phi) is 9.15. The maximum absolute atomic E-state index is 12.4. The van der Waals surface area contributed by atoms with Gasteiger partial charge < -0.3 is 0 Å². The summed E-state index contributed by atoms with van der Waals surface area (Å²) in [6.45, 7) is 2.27. The van der Waals surface area contributed by atoms with Crippen LogP contribution in [0.4, 0.5) is 8.78 Å². The molecule has 0 heterocycles. The lowest BCUT2D eigenvalue weighted by Crippen LogP contribution is -2.13. The molecule has 1 fully saturated rings. The van der Waals surface area contributed by atoms with Crippen LogP contribution in [0.25, 0.3) is 0 Å². The van der Waals surface area contributed by atoms with E-state index in [0.717, 1.165) is 5.92 Å². The van der Waals surface area contributed by atoms with Crippen molar-refractivity contribution in [1.29, 1.82) is 0 Å². The highest BCUT2D eigenvalue weighted by atomic mass is 32.2. The molecule has 0 N–H and O–H groups in total. The zero-order valence-corrected chi connectivity index (χ0v) is 15.8. The minimum Gasteiger partial charge on any atom is -0.198 e. The van der Waals surface area contributed by atoms with Crippen molar-refractivity contribution in [3.8, 4) is 0 Å². The fourth-order valence-corrected chi connectivity index (χ4v) is 4.42. The Labute approximate surface area is 150 Å². The standard InChI is InChI=1S/C21H32F2S/c1-2-3-4-5-6-7-8-17-9-11-18(12-10-17)19-13-15-20(16-14-19)24-21(22)23/h13-18,21H,2-12H2,1H3. The smallest absolute Gasteiger partial charge is 0.198 e. The highest BCUT2D eigenvalue weighted by Crippen LogP contribution is 2.38. The third-order valence-electron chi connectivity index (χ3n) is 5.39. The Balaban J connectivity index is 1.65. The molecule has 0 bridgehead atoms. The van der Waals surface area contributed by atoms with E-state index in [0.29, 0.717) is 22.6 Å². The van der Waals surface area contributed by atoms with Gasteiger partial charge in [0, 0.05) is 4.90 Å². The molecule has 0 atom stereocenters. The molecular weight excluding hydrogens is 322 g/mol. The van der Waals surface area contributed by atoms with Crippen molar-refractivity contribution in [2.75, 3.05) is 0 Å². The van der Waals surface area contributed by atoms with Gasteiger partial charge in [-0.1, -0.05) is 75.8 Å². The Hall–Kier alpha value is -0.570. The molecule has 0 spiro atoms. The summed E-state index contributed by atoms with van der Waals surface area (Å²) in [7, 11) is 0. The summed E-state index contributed by atoms with van der Waals surface area (Å²) in [6.07, 6.45) is 15.0. The summed E-state index contributed by atoms with van der Waals surface area (Å²) < 4.78 is 24.7. The predicted octanol–water partition coefficient (Wildman–Crippen LogP) is 8.03. The molecule has 1 aromatic carbocycles. The van der Waals surface area contributed by atoms with Crippen LogP contribution in [0.1, 0.15) is 89.0 Å². The molecule has 0 nitrogen and oxygen atoms in total. The first kappa shape index (κ1) is 19.8. The lowest BCUT2D eigenvalue weighted by atomic mass is 9.77. The number of hydrogen-bond acceptors (Lipinski definition) is 1. The Morgan fingerprint density at radius 2 is 1.54 bits per heavy atom. The molecule has 0 unspecified atom stereocenters. The van der Waals surface area contributed by atoms with Gasteiger partial charge in [-0.3, -0.25) is 0 Å². The summed E-state index contributed by atoms with van der Waals surface area (Å²) in [4.78, 5) is 0.672. The van der Waals surface area contributed by atoms with Crippen molar-refractivity contribution in [2.24, 2.45) is 5.92 Å². The predicted molar refractivity (Wildman–Crippen MR) is 101 cm³/mol. The number of unbranched alkanes of at least 4 members (excludes halogenated alkanes) is 5. The largest absolute Gasteiger partial charge is 0.288 e. The third-order valence-corrected chi connectivity index (χ3v) is 6.11.